The molecule has 0 amide bonds. The van der Waals surface area contributed by atoms with E-state index in [4.69, 9.17) is 4.98 Å². The first kappa shape index (κ1) is 21.0. The molecule has 32 heavy (non-hydrogen) atoms. The number of likely N-dealkylation sites (tertiary alicyclic amines) is 1. The van der Waals surface area contributed by atoms with Crippen LogP contribution in [-0.2, 0) is 29.7 Å². The first-order valence-corrected chi connectivity index (χ1v) is 13.4. The summed E-state index contributed by atoms with van der Waals surface area (Å²) in [5.74, 6) is 2.99. The van der Waals surface area contributed by atoms with Crippen molar-refractivity contribution in [3.05, 3.63) is 27.2 Å². The molecule has 6 nitrogen and oxygen atoms in total. The van der Waals surface area contributed by atoms with Gasteiger partial charge in [0.1, 0.15) is 22.4 Å². The third kappa shape index (κ3) is 3.07. The Morgan fingerprint density at radius 3 is 2.72 bits per heavy atom. The van der Waals surface area contributed by atoms with E-state index in [2.05, 4.69) is 26.6 Å². The van der Waals surface area contributed by atoms with Crippen molar-refractivity contribution < 1.29 is 4.79 Å². The van der Waals surface area contributed by atoms with Gasteiger partial charge >= 0.3 is 0 Å². The van der Waals surface area contributed by atoms with E-state index in [-0.39, 0.29) is 16.7 Å². The first-order valence-electron chi connectivity index (χ1n) is 12.6. The predicted molar refractivity (Wildman–Crippen MR) is 125 cm³/mol. The molecule has 2 aliphatic heterocycles. The molecule has 0 radical (unpaired) electrons. The number of hydrogen-bond acceptors (Lipinski definition) is 6. The lowest BCUT2D eigenvalue weighted by Gasteiger charge is -2.69. The Labute approximate surface area is 194 Å². The van der Waals surface area contributed by atoms with Crippen LogP contribution in [0, 0.1) is 18.3 Å². The molecule has 2 bridgehead atoms. The summed E-state index contributed by atoms with van der Waals surface area (Å²) in [5, 5.41) is 10.5. The van der Waals surface area contributed by atoms with Crippen LogP contribution in [0.15, 0.2) is 0 Å². The number of fused-ring (bicyclic) bond motifs is 1. The van der Waals surface area contributed by atoms with E-state index >= 15 is 0 Å². The van der Waals surface area contributed by atoms with E-state index in [1.165, 1.54) is 59.3 Å². The molecule has 4 heterocycles. The van der Waals surface area contributed by atoms with Gasteiger partial charge in [-0.3, -0.25) is 9.69 Å². The van der Waals surface area contributed by atoms with E-state index in [0.717, 1.165) is 45.3 Å². The van der Waals surface area contributed by atoms with Crippen LogP contribution in [-0.4, -0.2) is 37.0 Å². The highest BCUT2D eigenvalue weighted by molar-refractivity contribution is 7.11. The number of Topliss-reactive ketones (excluding diaryl/α,β-unsaturated/α-hetero) is 1. The van der Waals surface area contributed by atoms with Gasteiger partial charge in [-0.1, -0.05) is 20.3 Å². The molecule has 4 fully saturated rings. The fraction of sp³-hybridized carbons (Fsp3) is 0.760. The van der Waals surface area contributed by atoms with Crippen LogP contribution >= 0.6 is 11.3 Å². The average Bonchev–Trinajstić information content (AvgIpc) is 3.35. The maximum Gasteiger partial charge on any atom is 0.150 e. The summed E-state index contributed by atoms with van der Waals surface area (Å²) in [6.45, 7) is 9.41. The van der Waals surface area contributed by atoms with Crippen molar-refractivity contribution in [3.8, 4) is 0 Å². The lowest BCUT2D eigenvalue weighted by Crippen LogP contribution is -2.68. The summed E-state index contributed by atoms with van der Waals surface area (Å²) in [7, 11) is 0. The van der Waals surface area contributed by atoms with Crippen LogP contribution < -0.4 is 0 Å². The molecule has 0 aromatic carbocycles. The van der Waals surface area contributed by atoms with Crippen molar-refractivity contribution in [2.45, 2.75) is 103 Å². The molecule has 7 heteroatoms. The molecule has 5 aliphatic rings. The second kappa shape index (κ2) is 7.45. The average molecular weight is 454 g/mol. The zero-order chi connectivity index (χ0) is 22.1. The van der Waals surface area contributed by atoms with E-state index in [0.29, 0.717) is 11.8 Å². The molecule has 1 unspecified atom stereocenters. The molecular weight excluding hydrogens is 418 g/mol. The summed E-state index contributed by atoms with van der Waals surface area (Å²) in [5.41, 5.74) is 1.47. The highest BCUT2D eigenvalue weighted by Crippen LogP contribution is 2.74. The van der Waals surface area contributed by atoms with Gasteiger partial charge in [-0.05, 0) is 58.4 Å². The molecule has 0 spiro atoms. The normalized spacial score (nSPS) is 31.8. The van der Waals surface area contributed by atoms with Gasteiger partial charge in [0, 0.05) is 34.6 Å². The Balaban J connectivity index is 1.18. The molecule has 0 N–H and O–H groups in total. The molecular formula is C25H35N5OS. The maximum absolute atomic E-state index is 12.6. The maximum atomic E-state index is 12.6. The molecule has 3 saturated carbocycles. The number of aryl methyl sites for hydroxylation is 2. The Bertz CT molecular complexity index is 1030. The van der Waals surface area contributed by atoms with Crippen LogP contribution in [0.4, 0.5) is 0 Å². The second-order valence-electron chi connectivity index (χ2n) is 11.2. The Kier molecular flexibility index (Phi) is 4.88. The zero-order valence-electron chi connectivity index (χ0n) is 19.7. The van der Waals surface area contributed by atoms with Crippen molar-refractivity contribution in [2.75, 3.05) is 6.54 Å². The van der Waals surface area contributed by atoms with Crippen LogP contribution in [0.1, 0.15) is 98.5 Å². The minimum Gasteiger partial charge on any atom is -0.314 e. The summed E-state index contributed by atoms with van der Waals surface area (Å²) >= 11 is 1.87. The van der Waals surface area contributed by atoms with Crippen LogP contribution in [0.2, 0.25) is 0 Å². The standard InChI is InChI=1S/C25H35N5OS/c1-16(2)22(31)25-13-24(14-25,15-25)21-17(3)32-20(26-21)12-29-10-7-8-18(29)23-28-27-19-9-5-4-6-11-30(19)23/h16,18H,4-15H2,1-3H3. The van der Waals surface area contributed by atoms with Crippen molar-refractivity contribution >= 4 is 17.1 Å². The molecule has 7 rings (SSSR count). The largest absolute Gasteiger partial charge is 0.314 e. The molecule has 1 saturated heterocycles. The van der Waals surface area contributed by atoms with Crippen LogP contribution in [0.3, 0.4) is 0 Å². The Morgan fingerprint density at radius 1 is 1.12 bits per heavy atom. The zero-order valence-corrected chi connectivity index (χ0v) is 20.5. The number of hydrogen-bond donors (Lipinski definition) is 0. The highest BCUT2D eigenvalue weighted by atomic mass is 32.1. The predicted octanol–water partition coefficient (Wildman–Crippen LogP) is 4.75. The summed E-state index contributed by atoms with van der Waals surface area (Å²) < 4.78 is 2.42. The first-order chi connectivity index (χ1) is 15.4. The van der Waals surface area contributed by atoms with E-state index in [1.54, 1.807) is 0 Å². The van der Waals surface area contributed by atoms with E-state index in [1.807, 2.05) is 25.2 Å². The lowest BCUT2D eigenvalue weighted by atomic mass is 9.32. The molecule has 2 aromatic heterocycles. The summed E-state index contributed by atoms with van der Waals surface area (Å²) in [4.78, 5) is 21.7. The van der Waals surface area contributed by atoms with Crippen molar-refractivity contribution in [1.29, 1.82) is 0 Å². The number of carbonyl (C=O) groups excluding carboxylic acids is 1. The van der Waals surface area contributed by atoms with Gasteiger partial charge in [0.15, 0.2) is 0 Å². The van der Waals surface area contributed by atoms with Gasteiger partial charge in [-0.15, -0.1) is 21.5 Å². The number of carbonyl (C=O) groups is 1. The number of rotatable bonds is 6. The van der Waals surface area contributed by atoms with Gasteiger partial charge in [-0.25, -0.2) is 4.98 Å². The summed E-state index contributed by atoms with van der Waals surface area (Å²) in [6, 6.07) is 0.365. The third-order valence-electron chi connectivity index (χ3n) is 8.56. The molecule has 172 valence electrons. The number of aromatic nitrogens is 4. The topological polar surface area (TPSA) is 63.9 Å². The monoisotopic (exact) mass is 453 g/mol. The number of thiazole rings is 1. The lowest BCUT2D eigenvalue weighted by molar-refractivity contribution is -0.177. The molecule has 2 aromatic rings. The smallest absolute Gasteiger partial charge is 0.150 e. The van der Waals surface area contributed by atoms with Gasteiger partial charge in [-0.2, -0.15) is 0 Å². The van der Waals surface area contributed by atoms with Crippen LogP contribution in [0.5, 0.6) is 0 Å². The van der Waals surface area contributed by atoms with Gasteiger partial charge < -0.3 is 4.57 Å². The minimum atomic E-state index is -0.0179. The van der Waals surface area contributed by atoms with Gasteiger partial charge in [0.05, 0.1) is 18.3 Å². The van der Waals surface area contributed by atoms with Gasteiger partial charge in [0.2, 0.25) is 0 Å². The third-order valence-corrected chi connectivity index (χ3v) is 9.51. The molecule has 1 atom stereocenters. The van der Waals surface area contributed by atoms with Crippen molar-refractivity contribution in [3.63, 3.8) is 0 Å². The summed E-state index contributed by atoms with van der Waals surface area (Å²) in [6.07, 6.45) is 10.3. The fourth-order valence-corrected chi connectivity index (χ4v) is 8.24. The van der Waals surface area contributed by atoms with Crippen molar-refractivity contribution in [2.24, 2.45) is 11.3 Å². The van der Waals surface area contributed by atoms with E-state index in [9.17, 15) is 4.79 Å². The van der Waals surface area contributed by atoms with E-state index < -0.39 is 0 Å². The van der Waals surface area contributed by atoms with Crippen LogP contribution in [0.25, 0.3) is 0 Å². The number of nitrogens with zero attached hydrogens (tertiary/aromatic N) is 5. The second-order valence-corrected chi connectivity index (χ2v) is 12.5. The highest BCUT2D eigenvalue weighted by Gasteiger charge is 2.72. The Hall–Kier alpha value is -1.60. The molecule has 3 aliphatic carbocycles. The van der Waals surface area contributed by atoms with Gasteiger partial charge in [0.25, 0.3) is 0 Å². The fourth-order valence-electron chi connectivity index (χ4n) is 7.16. The minimum absolute atomic E-state index is 0.0179. The quantitative estimate of drug-likeness (QED) is 0.631. The number of ketones is 1. The Morgan fingerprint density at radius 2 is 1.94 bits per heavy atom. The van der Waals surface area contributed by atoms with Crippen molar-refractivity contribution in [1.82, 2.24) is 24.6 Å². The SMILES string of the molecule is Cc1sc(CN2CCCC2c2nnc3n2CCCCC3)nc1C12CC(C(=O)C(C)C)(C1)C2.